The third-order valence-electron chi connectivity index (χ3n) is 7.45. The second-order valence-electron chi connectivity index (χ2n) is 10.0. The molecule has 1 saturated carbocycles. The monoisotopic (exact) mass is 456 g/mol. The topological polar surface area (TPSA) is 68.0 Å². The summed E-state index contributed by atoms with van der Waals surface area (Å²) in [5.74, 6) is 2.29. The SMILES string of the molecule is CNC[C@@H]1CCCN(C(=O)c2ccc3c(c2)nc(-c2cc4cccnc4n2CC2CC2)n3C)C1. The Labute approximate surface area is 199 Å². The first-order chi connectivity index (χ1) is 16.6. The van der Waals surface area contributed by atoms with Crippen molar-refractivity contribution in [1.82, 2.24) is 29.3 Å². The molecule has 0 unspecified atom stereocenters. The van der Waals surface area contributed by atoms with Crippen LogP contribution in [0.25, 0.3) is 33.6 Å². The van der Waals surface area contributed by atoms with Gasteiger partial charge < -0.3 is 19.4 Å². The standard InChI is InChI=1S/C27H32N6O/c1-28-15-19-5-4-12-32(16-19)27(34)21-9-10-23-22(13-21)30-26(31(23)2)24-14-20-6-3-11-29-25(20)33(24)17-18-7-8-18/h3,6,9-11,13-14,18-19,28H,4-5,7-8,12,15-17H2,1-2H3/t19-/m0/s1. The first-order valence-electron chi connectivity index (χ1n) is 12.5. The second-order valence-corrected chi connectivity index (χ2v) is 10.0. The predicted octanol–water partition coefficient (Wildman–Crippen LogP) is 4.07. The van der Waals surface area contributed by atoms with Crippen molar-refractivity contribution in [2.24, 2.45) is 18.9 Å². The van der Waals surface area contributed by atoms with E-state index in [-0.39, 0.29) is 5.91 Å². The number of hydrogen-bond donors (Lipinski definition) is 1. The Morgan fingerprint density at radius 2 is 2.03 bits per heavy atom. The molecule has 176 valence electrons. The van der Waals surface area contributed by atoms with Crippen LogP contribution in [0.2, 0.25) is 0 Å². The number of aryl methyl sites for hydroxylation is 1. The Balaban J connectivity index is 1.36. The molecule has 2 aliphatic rings. The minimum Gasteiger partial charge on any atom is -0.338 e. The highest BCUT2D eigenvalue weighted by Crippen LogP contribution is 2.36. The summed E-state index contributed by atoms with van der Waals surface area (Å²) in [6, 6.07) is 12.3. The maximum atomic E-state index is 13.3. The number of hydrogen-bond acceptors (Lipinski definition) is 4. The number of fused-ring (bicyclic) bond motifs is 2. The first-order valence-corrected chi connectivity index (χ1v) is 12.5. The van der Waals surface area contributed by atoms with Crippen molar-refractivity contribution in [2.75, 3.05) is 26.7 Å². The van der Waals surface area contributed by atoms with Crippen LogP contribution in [0, 0.1) is 11.8 Å². The quantitative estimate of drug-likeness (QED) is 0.475. The van der Waals surface area contributed by atoms with Gasteiger partial charge in [0.25, 0.3) is 5.91 Å². The molecular weight excluding hydrogens is 424 g/mol. The molecule has 4 aromatic rings. The van der Waals surface area contributed by atoms with Crippen molar-refractivity contribution in [3.05, 3.63) is 48.2 Å². The van der Waals surface area contributed by atoms with E-state index in [9.17, 15) is 4.79 Å². The molecule has 34 heavy (non-hydrogen) atoms. The van der Waals surface area contributed by atoms with E-state index in [2.05, 4.69) is 38.6 Å². The van der Waals surface area contributed by atoms with Gasteiger partial charge in [0.15, 0.2) is 5.82 Å². The molecule has 2 fully saturated rings. The van der Waals surface area contributed by atoms with Crippen molar-refractivity contribution >= 4 is 28.0 Å². The molecule has 1 aliphatic heterocycles. The summed E-state index contributed by atoms with van der Waals surface area (Å²) in [5.41, 5.74) is 4.74. The molecule has 0 radical (unpaired) electrons. The number of nitrogens with one attached hydrogen (secondary N) is 1. The van der Waals surface area contributed by atoms with Gasteiger partial charge >= 0.3 is 0 Å². The van der Waals surface area contributed by atoms with Crippen molar-refractivity contribution in [1.29, 1.82) is 0 Å². The van der Waals surface area contributed by atoms with Gasteiger partial charge in [-0.2, -0.15) is 0 Å². The van der Waals surface area contributed by atoms with E-state index in [0.717, 1.165) is 77.7 Å². The molecule has 1 saturated heterocycles. The lowest BCUT2D eigenvalue weighted by atomic mass is 9.97. The molecule has 1 amide bonds. The lowest BCUT2D eigenvalue weighted by molar-refractivity contribution is 0.0674. The highest BCUT2D eigenvalue weighted by molar-refractivity contribution is 5.98. The average Bonchev–Trinajstić information content (AvgIpc) is 3.53. The second kappa shape index (κ2) is 8.55. The van der Waals surface area contributed by atoms with Gasteiger partial charge in [0, 0.05) is 43.8 Å². The third-order valence-corrected chi connectivity index (χ3v) is 7.45. The molecule has 1 N–H and O–H groups in total. The van der Waals surface area contributed by atoms with Gasteiger partial charge in [0.05, 0.1) is 16.7 Å². The van der Waals surface area contributed by atoms with E-state index in [1.54, 1.807) is 0 Å². The van der Waals surface area contributed by atoms with Gasteiger partial charge in [-0.15, -0.1) is 0 Å². The Morgan fingerprint density at radius 1 is 1.15 bits per heavy atom. The number of piperidine rings is 1. The first kappa shape index (κ1) is 21.4. The van der Waals surface area contributed by atoms with Gasteiger partial charge in [-0.3, -0.25) is 4.79 Å². The van der Waals surface area contributed by atoms with Crippen LogP contribution in [0.5, 0.6) is 0 Å². The van der Waals surface area contributed by atoms with Crippen LogP contribution in [-0.2, 0) is 13.6 Å². The Morgan fingerprint density at radius 3 is 2.85 bits per heavy atom. The maximum absolute atomic E-state index is 13.3. The number of pyridine rings is 1. The number of imidazole rings is 1. The molecule has 1 aromatic carbocycles. The number of rotatable bonds is 6. The zero-order valence-electron chi connectivity index (χ0n) is 20.0. The molecule has 4 heterocycles. The zero-order valence-corrected chi connectivity index (χ0v) is 20.0. The van der Waals surface area contributed by atoms with Crippen LogP contribution in [0.1, 0.15) is 36.0 Å². The van der Waals surface area contributed by atoms with E-state index in [1.807, 2.05) is 42.4 Å². The maximum Gasteiger partial charge on any atom is 0.253 e. The average molecular weight is 457 g/mol. The van der Waals surface area contributed by atoms with Crippen LogP contribution in [0.4, 0.5) is 0 Å². The van der Waals surface area contributed by atoms with Crippen LogP contribution >= 0.6 is 0 Å². The van der Waals surface area contributed by atoms with Crippen LogP contribution < -0.4 is 5.32 Å². The molecule has 1 atom stereocenters. The van der Waals surface area contributed by atoms with E-state index >= 15 is 0 Å². The highest BCUT2D eigenvalue weighted by atomic mass is 16.2. The number of carbonyl (C=O) groups is 1. The van der Waals surface area contributed by atoms with Gasteiger partial charge in [0.2, 0.25) is 0 Å². The molecule has 7 heteroatoms. The van der Waals surface area contributed by atoms with Gasteiger partial charge in [-0.05, 0) is 87.5 Å². The smallest absolute Gasteiger partial charge is 0.253 e. The van der Waals surface area contributed by atoms with Crippen LogP contribution in [-0.4, -0.2) is 56.6 Å². The van der Waals surface area contributed by atoms with E-state index in [4.69, 9.17) is 4.98 Å². The van der Waals surface area contributed by atoms with Gasteiger partial charge in [-0.1, -0.05) is 0 Å². The van der Waals surface area contributed by atoms with Crippen molar-refractivity contribution in [3.8, 4) is 11.5 Å². The minimum absolute atomic E-state index is 0.113. The van der Waals surface area contributed by atoms with Gasteiger partial charge in [0.1, 0.15) is 5.65 Å². The predicted molar refractivity (Wildman–Crippen MR) is 135 cm³/mol. The fraction of sp³-hybridized carbons (Fsp3) is 0.444. The number of nitrogens with zero attached hydrogens (tertiary/aromatic N) is 5. The molecule has 7 nitrogen and oxygen atoms in total. The molecule has 0 spiro atoms. The zero-order chi connectivity index (χ0) is 23.2. The summed E-state index contributed by atoms with van der Waals surface area (Å²) >= 11 is 0. The number of carbonyl (C=O) groups excluding carboxylic acids is 1. The molecule has 6 rings (SSSR count). The van der Waals surface area contributed by atoms with Gasteiger partial charge in [-0.25, -0.2) is 9.97 Å². The number of amides is 1. The van der Waals surface area contributed by atoms with Crippen LogP contribution in [0.15, 0.2) is 42.6 Å². The van der Waals surface area contributed by atoms with E-state index in [0.29, 0.717) is 5.92 Å². The summed E-state index contributed by atoms with van der Waals surface area (Å²) in [6.45, 7) is 3.58. The largest absolute Gasteiger partial charge is 0.338 e. The van der Waals surface area contributed by atoms with Crippen molar-refractivity contribution < 1.29 is 4.79 Å². The summed E-state index contributed by atoms with van der Waals surface area (Å²) in [5, 5.41) is 4.40. The normalized spacial score (nSPS) is 18.8. The van der Waals surface area contributed by atoms with E-state index in [1.165, 1.54) is 19.3 Å². The van der Waals surface area contributed by atoms with E-state index < -0.39 is 0 Å². The lowest BCUT2D eigenvalue weighted by Gasteiger charge is -2.32. The molecular formula is C27H32N6O. The molecule has 3 aromatic heterocycles. The molecule has 1 aliphatic carbocycles. The summed E-state index contributed by atoms with van der Waals surface area (Å²) < 4.78 is 4.47. The lowest BCUT2D eigenvalue weighted by Crippen LogP contribution is -2.42. The Kier molecular flexibility index (Phi) is 5.37. The summed E-state index contributed by atoms with van der Waals surface area (Å²) in [6.07, 6.45) is 6.67. The number of aromatic nitrogens is 4. The fourth-order valence-electron chi connectivity index (χ4n) is 5.46. The third kappa shape index (κ3) is 3.78. The fourth-order valence-corrected chi connectivity index (χ4v) is 5.46. The number of benzene rings is 1. The van der Waals surface area contributed by atoms with Crippen molar-refractivity contribution in [2.45, 2.75) is 32.2 Å². The van der Waals surface area contributed by atoms with Crippen LogP contribution in [0.3, 0.4) is 0 Å². The summed E-state index contributed by atoms with van der Waals surface area (Å²) in [4.78, 5) is 25.0. The summed E-state index contributed by atoms with van der Waals surface area (Å²) in [7, 11) is 4.04. The highest BCUT2D eigenvalue weighted by Gasteiger charge is 2.27. The number of likely N-dealkylation sites (tertiary alicyclic amines) is 1. The Hall–Kier alpha value is -3.19. The Bertz CT molecular complexity index is 1360. The van der Waals surface area contributed by atoms with Crippen molar-refractivity contribution in [3.63, 3.8) is 0 Å². The minimum atomic E-state index is 0.113. The molecule has 0 bridgehead atoms.